The molecule has 8 heteroatoms. The van der Waals surface area contributed by atoms with Gasteiger partial charge in [0.15, 0.2) is 11.5 Å². The number of rotatable bonds is 9. The van der Waals surface area contributed by atoms with Gasteiger partial charge in [-0.1, -0.05) is 13.0 Å². The number of hydrogen-bond acceptors (Lipinski definition) is 7. The van der Waals surface area contributed by atoms with Crippen LogP contribution in [-0.4, -0.2) is 30.0 Å². The molecule has 1 aliphatic heterocycles. The van der Waals surface area contributed by atoms with Crippen LogP contribution in [-0.2, 0) is 0 Å². The van der Waals surface area contributed by atoms with Crippen LogP contribution in [0.1, 0.15) is 44.2 Å². The molecule has 2 heterocycles. The summed E-state index contributed by atoms with van der Waals surface area (Å²) >= 11 is 0. The number of nitrogens with zero attached hydrogens (tertiary/aromatic N) is 2. The summed E-state index contributed by atoms with van der Waals surface area (Å²) in [4.78, 5) is 0. The highest BCUT2D eigenvalue weighted by molar-refractivity contribution is 5.71. The summed E-state index contributed by atoms with van der Waals surface area (Å²) in [5.41, 5.74) is 9.63. The first kappa shape index (κ1) is 23.1. The van der Waals surface area contributed by atoms with E-state index in [9.17, 15) is 5.26 Å². The molecule has 1 aromatic heterocycles. The minimum absolute atomic E-state index is 0.0361. The van der Waals surface area contributed by atoms with Crippen molar-refractivity contribution >= 4 is 0 Å². The number of H-pyrrole nitrogens is 1. The maximum atomic E-state index is 9.99. The fraction of sp³-hybridized carbons (Fsp3) is 0.308. The highest BCUT2D eigenvalue weighted by Gasteiger charge is 2.36. The van der Waals surface area contributed by atoms with Crippen molar-refractivity contribution in [1.82, 2.24) is 10.2 Å². The SMILES string of the molecule is CCCOc1ccc([C@H]2C(C#N)=C(N)Oc3n[nH]c(-c4ccc(OCC)cc4)c32)cc1OCC. The molecule has 2 aromatic carbocycles. The molecule has 0 saturated heterocycles. The zero-order valence-corrected chi connectivity index (χ0v) is 19.6. The number of allylic oxidation sites excluding steroid dienone is 1. The Bertz CT molecular complexity index is 1220. The van der Waals surface area contributed by atoms with Gasteiger partial charge in [-0.15, -0.1) is 5.10 Å². The van der Waals surface area contributed by atoms with Crippen LogP contribution in [0.3, 0.4) is 0 Å². The van der Waals surface area contributed by atoms with Crippen molar-refractivity contribution in [1.29, 1.82) is 5.26 Å². The molecular formula is C26H28N4O4. The summed E-state index contributed by atoms with van der Waals surface area (Å²) in [5.74, 6) is 1.94. The predicted octanol–water partition coefficient (Wildman–Crippen LogP) is 4.88. The molecule has 0 bridgehead atoms. The Morgan fingerprint density at radius 3 is 2.47 bits per heavy atom. The lowest BCUT2D eigenvalue weighted by atomic mass is 9.83. The largest absolute Gasteiger partial charge is 0.494 e. The summed E-state index contributed by atoms with van der Waals surface area (Å²) in [6.07, 6.45) is 0.884. The monoisotopic (exact) mass is 460 g/mol. The number of aromatic nitrogens is 2. The fourth-order valence-corrected chi connectivity index (χ4v) is 3.99. The first-order chi connectivity index (χ1) is 16.6. The average Bonchev–Trinajstić information content (AvgIpc) is 3.26. The van der Waals surface area contributed by atoms with Crippen molar-refractivity contribution in [3.8, 4) is 40.5 Å². The van der Waals surface area contributed by atoms with Gasteiger partial charge < -0.3 is 24.7 Å². The third kappa shape index (κ3) is 4.37. The fourth-order valence-electron chi connectivity index (χ4n) is 3.99. The van der Waals surface area contributed by atoms with E-state index >= 15 is 0 Å². The van der Waals surface area contributed by atoms with E-state index in [1.54, 1.807) is 0 Å². The quantitative estimate of drug-likeness (QED) is 0.467. The van der Waals surface area contributed by atoms with E-state index in [0.29, 0.717) is 42.8 Å². The van der Waals surface area contributed by atoms with Crippen LogP contribution in [0.5, 0.6) is 23.1 Å². The molecule has 0 aliphatic carbocycles. The Morgan fingerprint density at radius 1 is 1.03 bits per heavy atom. The van der Waals surface area contributed by atoms with Crippen LogP contribution in [0.15, 0.2) is 53.9 Å². The Balaban J connectivity index is 1.83. The van der Waals surface area contributed by atoms with Gasteiger partial charge in [-0.3, -0.25) is 5.10 Å². The molecule has 0 saturated carbocycles. The van der Waals surface area contributed by atoms with E-state index in [1.165, 1.54) is 0 Å². The lowest BCUT2D eigenvalue weighted by molar-refractivity contribution is 0.276. The number of hydrogen-bond donors (Lipinski definition) is 2. The third-order valence-corrected chi connectivity index (χ3v) is 5.46. The number of aromatic amines is 1. The van der Waals surface area contributed by atoms with Crippen LogP contribution in [0.2, 0.25) is 0 Å². The summed E-state index contributed by atoms with van der Waals surface area (Å²) in [7, 11) is 0. The number of benzene rings is 2. The average molecular weight is 461 g/mol. The van der Waals surface area contributed by atoms with E-state index in [4.69, 9.17) is 24.7 Å². The Hall–Kier alpha value is -4.12. The number of nitriles is 1. The van der Waals surface area contributed by atoms with Gasteiger partial charge in [0.25, 0.3) is 0 Å². The van der Waals surface area contributed by atoms with Gasteiger partial charge in [-0.25, -0.2) is 0 Å². The Kier molecular flexibility index (Phi) is 6.93. The van der Waals surface area contributed by atoms with Gasteiger partial charge in [0.05, 0.1) is 37.0 Å². The second-order valence-electron chi connectivity index (χ2n) is 7.69. The lowest BCUT2D eigenvalue weighted by Gasteiger charge is -2.25. The van der Waals surface area contributed by atoms with Crippen molar-refractivity contribution < 1.29 is 18.9 Å². The van der Waals surface area contributed by atoms with E-state index in [0.717, 1.165) is 34.6 Å². The molecule has 1 aliphatic rings. The zero-order chi connectivity index (χ0) is 24.1. The molecular weight excluding hydrogens is 432 g/mol. The number of nitrogens with two attached hydrogens (primary N) is 1. The summed E-state index contributed by atoms with van der Waals surface area (Å²) < 4.78 is 23.0. The topological polar surface area (TPSA) is 115 Å². The summed E-state index contributed by atoms with van der Waals surface area (Å²) in [5, 5.41) is 17.4. The molecule has 0 radical (unpaired) electrons. The first-order valence-electron chi connectivity index (χ1n) is 11.4. The van der Waals surface area contributed by atoms with Crippen LogP contribution < -0.4 is 24.7 Å². The van der Waals surface area contributed by atoms with Crippen LogP contribution in [0.25, 0.3) is 11.3 Å². The van der Waals surface area contributed by atoms with Gasteiger partial charge in [0.2, 0.25) is 11.8 Å². The van der Waals surface area contributed by atoms with Crippen molar-refractivity contribution in [2.24, 2.45) is 5.73 Å². The normalized spacial score (nSPS) is 14.7. The van der Waals surface area contributed by atoms with Gasteiger partial charge in [0, 0.05) is 5.56 Å². The van der Waals surface area contributed by atoms with Crippen molar-refractivity contribution in [2.45, 2.75) is 33.1 Å². The van der Waals surface area contributed by atoms with E-state index in [-0.39, 0.29) is 5.88 Å². The first-order valence-corrected chi connectivity index (χ1v) is 11.4. The molecule has 0 unspecified atom stereocenters. The number of nitrogens with one attached hydrogen (secondary N) is 1. The minimum Gasteiger partial charge on any atom is -0.494 e. The van der Waals surface area contributed by atoms with E-state index in [1.807, 2.05) is 63.2 Å². The molecule has 4 rings (SSSR count). The van der Waals surface area contributed by atoms with Gasteiger partial charge in [-0.05, 0) is 62.2 Å². The molecule has 3 aromatic rings. The Morgan fingerprint density at radius 2 is 1.79 bits per heavy atom. The van der Waals surface area contributed by atoms with Crippen molar-refractivity contribution in [3.63, 3.8) is 0 Å². The summed E-state index contributed by atoms with van der Waals surface area (Å²) in [6, 6.07) is 15.6. The smallest absolute Gasteiger partial charge is 0.244 e. The molecule has 0 amide bonds. The van der Waals surface area contributed by atoms with Crippen molar-refractivity contribution in [2.75, 3.05) is 19.8 Å². The number of fused-ring (bicyclic) bond motifs is 1. The van der Waals surface area contributed by atoms with Crippen LogP contribution in [0, 0.1) is 11.3 Å². The molecule has 1 atom stereocenters. The predicted molar refractivity (Wildman–Crippen MR) is 128 cm³/mol. The molecule has 34 heavy (non-hydrogen) atoms. The third-order valence-electron chi connectivity index (χ3n) is 5.46. The lowest BCUT2D eigenvalue weighted by Crippen LogP contribution is -2.21. The molecule has 3 N–H and O–H groups in total. The number of ether oxygens (including phenoxy) is 4. The second kappa shape index (κ2) is 10.2. The maximum Gasteiger partial charge on any atom is 0.244 e. The highest BCUT2D eigenvalue weighted by Crippen LogP contribution is 2.47. The van der Waals surface area contributed by atoms with Crippen LogP contribution in [0.4, 0.5) is 0 Å². The standard InChI is InChI=1S/C26H28N4O4/c1-4-13-33-20-12-9-17(14-21(20)32-6-3)22-19(15-27)25(28)34-26-23(22)24(29-30-26)16-7-10-18(11-8-16)31-5-2/h7-12,14,22H,4-6,13,28H2,1-3H3,(H,29,30)/t22-/m0/s1. The summed E-state index contributed by atoms with van der Waals surface area (Å²) in [6.45, 7) is 7.56. The molecule has 176 valence electrons. The minimum atomic E-state index is -0.492. The van der Waals surface area contributed by atoms with E-state index in [2.05, 4.69) is 16.3 Å². The molecule has 0 fully saturated rings. The zero-order valence-electron chi connectivity index (χ0n) is 19.6. The van der Waals surface area contributed by atoms with Crippen LogP contribution >= 0.6 is 0 Å². The highest BCUT2D eigenvalue weighted by atomic mass is 16.5. The van der Waals surface area contributed by atoms with Gasteiger partial charge >= 0.3 is 0 Å². The van der Waals surface area contributed by atoms with E-state index < -0.39 is 5.92 Å². The molecule has 0 spiro atoms. The van der Waals surface area contributed by atoms with Crippen molar-refractivity contribution in [3.05, 3.63) is 65.0 Å². The maximum absolute atomic E-state index is 9.99. The van der Waals surface area contributed by atoms with Gasteiger partial charge in [0.1, 0.15) is 17.4 Å². The molecule has 8 nitrogen and oxygen atoms in total. The van der Waals surface area contributed by atoms with Gasteiger partial charge in [-0.2, -0.15) is 5.26 Å². The Labute approximate surface area is 198 Å². The second-order valence-corrected chi connectivity index (χ2v) is 7.69.